The number of benzene rings is 1. The fourth-order valence-electron chi connectivity index (χ4n) is 3.05. The first-order chi connectivity index (χ1) is 12.3. The number of carbonyl (C=O) groups is 1. The summed E-state index contributed by atoms with van der Waals surface area (Å²) in [6.45, 7) is 4.38. The average molecular weight is 339 g/mol. The standard InChI is InChI=1S/C19H25N5O/c1-2-3-7-11-21-19-22-12-10-16(23-19)24-14-13-20-18(25)17(24)15-8-5-4-6-9-15/h4-6,8-10,12,17H,2-3,7,11,13-14H2,1H3,(H,20,25)(H,21,22,23). The van der Waals surface area contributed by atoms with Crippen LogP contribution in [0.25, 0.3) is 0 Å². The first-order valence-corrected chi connectivity index (χ1v) is 8.96. The number of amides is 1. The molecule has 1 unspecified atom stereocenters. The molecule has 25 heavy (non-hydrogen) atoms. The van der Waals surface area contributed by atoms with E-state index in [2.05, 4.69) is 27.5 Å². The molecule has 2 aromatic rings. The maximum atomic E-state index is 12.5. The second-order valence-corrected chi connectivity index (χ2v) is 6.17. The molecule has 6 heteroatoms. The van der Waals surface area contributed by atoms with Gasteiger partial charge in [0.2, 0.25) is 11.9 Å². The molecule has 0 spiro atoms. The molecule has 1 aliphatic heterocycles. The summed E-state index contributed by atoms with van der Waals surface area (Å²) >= 11 is 0. The van der Waals surface area contributed by atoms with Gasteiger partial charge in [-0.15, -0.1) is 0 Å². The first-order valence-electron chi connectivity index (χ1n) is 8.96. The van der Waals surface area contributed by atoms with Crippen LogP contribution in [0, 0.1) is 0 Å². The minimum atomic E-state index is -0.363. The smallest absolute Gasteiger partial charge is 0.247 e. The lowest BCUT2D eigenvalue weighted by atomic mass is 10.0. The van der Waals surface area contributed by atoms with Crippen molar-refractivity contribution < 1.29 is 4.79 Å². The summed E-state index contributed by atoms with van der Waals surface area (Å²) in [6.07, 6.45) is 5.22. The highest BCUT2D eigenvalue weighted by atomic mass is 16.2. The van der Waals surface area contributed by atoms with E-state index < -0.39 is 0 Å². The molecule has 0 bridgehead atoms. The van der Waals surface area contributed by atoms with Gasteiger partial charge < -0.3 is 15.5 Å². The van der Waals surface area contributed by atoms with Crippen molar-refractivity contribution in [2.45, 2.75) is 32.2 Å². The summed E-state index contributed by atoms with van der Waals surface area (Å²) in [7, 11) is 0. The molecule has 6 nitrogen and oxygen atoms in total. The van der Waals surface area contributed by atoms with Crippen LogP contribution in [-0.4, -0.2) is 35.5 Å². The quantitative estimate of drug-likeness (QED) is 0.759. The number of piperazine rings is 1. The number of anilines is 2. The van der Waals surface area contributed by atoms with E-state index in [1.807, 2.05) is 41.3 Å². The number of carbonyl (C=O) groups excluding carboxylic acids is 1. The first kappa shape index (κ1) is 17.2. The van der Waals surface area contributed by atoms with Crippen LogP contribution in [0.3, 0.4) is 0 Å². The van der Waals surface area contributed by atoms with Crippen molar-refractivity contribution in [3.8, 4) is 0 Å². The second kappa shape index (κ2) is 8.46. The molecule has 2 N–H and O–H groups in total. The van der Waals surface area contributed by atoms with Crippen LogP contribution >= 0.6 is 0 Å². The van der Waals surface area contributed by atoms with Crippen LogP contribution in [0.2, 0.25) is 0 Å². The molecule has 3 rings (SSSR count). The van der Waals surface area contributed by atoms with Gasteiger partial charge in [-0.25, -0.2) is 4.98 Å². The highest BCUT2D eigenvalue weighted by molar-refractivity contribution is 5.87. The Bertz CT molecular complexity index is 691. The number of unbranched alkanes of at least 4 members (excludes halogenated alkanes) is 2. The normalized spacial score (nSPS) is 17.2. The van der Waals surface area contributed by atoms with E-state index in [1.165, 1.54) is 12.8 Å². The Balaban J connectivity index is 1.79. The van der Waals surface area contributed by atoms with Crippen molar-refractivity contribution >= 4 is 17.7 Å². The zero-order valence-electron chi connectivity index (χ0n) is 14.6. The number of rotatable bonds is 7. The summed E-state index contributed by atoms with van der Waals surface area (Å²) in [6, 6.07) is 11.3. The number of aromatic nitrogens is 2. The lowest BCUT2D eigenvalue weighted by molar-refractivity contribution is -0.123. The van der Waals surface area contributed by atoms with Gasteiger partial charge in [0.1, 0.15) is 11.9 Å². The van der Waals surface area contributed by atoms with Gasteiger partial charge in [0, 0.05) is 25.8 Å². The fraction of sp³-hybridized carbons (Fsp3) is 0.421. The van der Waals surface area contributed by atoms with E-state index in [4.69, 9.17) is 0 Å². The zero-order valence-corrected chi connectivity index (χ0v) is 14.6. The monoisotopic (exact) mass is 339 g/mol. The molecule has 0 saturated carbocycles. The lowest BCUT2D eigenvalue weighted by Crippen LogP contribution is -2.50. The Labute approximate surface area is 148 Å². The fourth-order valence-corrected chi connectivity index (χ4v) is 3.05. The van der Waals surface area contributed by atoms with Gasteiger partial charge in [0.25, 0.3) is 0 Å². The largest absolute Gasteiger partial charge is 0.354 e. The molecular formula is C19H25N5O. The van der Waals surface area contributed by atoms with Gasteiger partial charge in [0.05, 0.1) is 0 Å². The van der Waals surface area contributed by atoms with Crippen molar-refractivity contribution in [1.29, 1.82) is 0 Å². The zero-order chi connectivity index (χ0) is 17.5. The molecule has 1 aromatic carbocycles. The molecular weight excluding hydrogens is 314 g/mol. The van der Waals surface area contributed by atoms with Crippen LogP contribution < -0.4 is 15.5 Å². The van der Waals surface area contributed by atoms with Crippen molar-refractivity contribution in [3.05, 3.63) is 48.2 Å². The van der Waals surface area contributed by atoms with E-state index >= 15 is 0 Å². The Hall–Kier alpha value is -2.63. The van der Waals surface area contributed by atoms with E-state index in [9.17, 15) is 4.79 Å². The third kappa shape index (κ3) is 4.26. The van der Waals surface area contributed by atoms with Crippen LogP contribution in [-0.2, 0) is 4.79 Å². The average Bonchev–Trinajstić information content (AvgIpc) is 2.66. The lowest BCUT2D eigenvalue weighted by Gasteiger charge is -2.36. The summed E-state index contributed by atoms with van der Waals surface area (Å²) < 4.78 is 0. The Morgan fingerprint density at radius 1 is 1.24 bits per heavy atom. The van der Waals surface area contributed by atoms with Crippen molar-refractivity contribution in [2.24, 2.45) is 0 Å². The highest BCUT2D eigenvalue weighted by Gasteiger charge is 2.32. The van der Waals surface area contributed by atoms with E-state index in [1.54, 1.807) is 6.20 Å². The third-order valence-corrected chi connectivity index (χ3v) is 4.33. The molecule has 1 aliphatic rings. The van der Waals surface area contributed by atoms with Gasteiger partial charge >= 0.3 is 0 Å². The topological polar surface area (TPSA) is 70.2 Å². The Morgan fingerprint density at radius 2 is 2.08 bits per heavy atom. The van der Waals surface area contributed by atoms with Gasteiger partial charge in [-0.3, -0.25) is 4.79 Å². The van der Waals surface area contributed by atoms with Crippen molar-refractivity contribution in [3.63, 3.8) is 0 Å². The van der Waals surface area contributed by atoms with Gasteiger partial charge in [-0.05, 0) is 18.1 Å². The molecule has 2 heterocycles. The molecule has 1 amide bonds. The molecule has 1 aromatic heterocycles. The van der Waals surface area contributed by atoms with E-state index in [0.29, 0.717) is 12.5 Å². The molecule has 1 atom stereocenters. The van der Waals surface area contributed by atoms with E-state index in [-0.39, 0.29) is 11.9 Å². The van der Waals surface area contributed by atoms with Crippen LogP contribution in [0.15, 0.2) is 42.6 Å². The summed E-state index contributed by atoms with van der Waals surface area (Å²) in [5, 5.41) is 6.23. The van der Waals surface area contributed by atoms with Crippen molar-refractivity contribution in [1.82, 2.24) is 15.3 Å². The third-order valence-electron chi connectivity index (χ3n) is 4.33. The van der Waals surface area contributed by atoms with Crippen LogP contribution in [0.4, 0.5) is 11.8 Å². The Morgan fingerprint density at radius 3 is 2.88 bits per heavy atom. The van der Waals surface area contributed by atoms with E-state index in [0.717, 1.165) is 30.9 Å². The molecule has 0 aliphatic carbocycles. The highest BCUT2D eigenvalue weighted by Crippen LogP contribution is 2.28. The Kier molecular flexibility index (Phi) is 5.82. The molecule has 1 fully saturated rings. The molecule has 1 saturated heterocycles. The molecule has 0 radical (unpaired) electrons. The van der Waals surface area contributed by atoms with Gasteiger partial charge in [0.15, 0.2) is 0 Å². The minimum absolute atomic E-state index is 0.00789. The summed E-state index contributed by atoms with van der Waals surface area (Å²) in [4.78, 5) is 23.5. The maximum absolute atomic E-state index is 12.5. The van der Waals surface area contributed by atoms with Crippen LogP contribution in [0.5, 0.6) is 0 Å². The predicted molar refractivity (Wildman–Crippen MR) is 99.6 cm³/mol. The van der Waals surface area contributed by atoms with Crippen LogP contribution in [0.1, 0.15) is 37.8 Å². The maximum Gasteiger partial charge on any atom is 0.247 e. The summed E-state index contributed by atoms with van der Waals surface area (Å²) in [5.74, 6) is 1.40. The predicted octanol–water partition coefficient (Wildman–Crippen LogP) is 2.76. The summed E-state index contributed by atoms with van der Waals surface area (Å²) in [5.41, 5.74) is 0.968. The number of hydrogen-bond acceptors (Lipinski definition) is 5. The second-order valence-electron chi connectivity index (χ2n) is 6.17. The molecule has 132 valence electrons. The van der Waals surface area contributed by atoms with Crippen molar-refractivity contribution in [2.75, 3.05) is 29.9 Å². The number of nitrogens with one attached hydrogen (secondary N) is 2. The minimum Gasteiger partial charge on any atom is -0.354 e. The van der Waals surface area contributed by atoms with Gasteiger partial charge in [-0.2, -0.15) is 4.98 Å². The number of nitrogens with zero attached hydrogens (tertiary/aromatic N) is 3. The number of hydrogen-bond donors (Lipinski definition) is 2. The SMILES string of the molecule is CCCCCNc1nccc(N2CCNC(=O)C2c2ccccc2)n1. The van der Waals surface area contributed by atoms with Gasteiger partial charge in [-0.1, -0.05) is 50.1 Å².